The molecule has 0 N–H and O–H groups in total. The molecule has 1 aromatic rings. The van der Waals surface area contributed by atoms with Crippen LogP contribution in [-0.4, -0.2) is 37.6 Å². The average Bonchev–Trinajstić information content (AvgIpc) is 2.37. The minimum absolute atomic E-state index is 1.18. The number of anilines is 1. The number of unbranched alkanes of at least 4 members (excludes halogenated alkanes) is 1. The van der Waals surface area contributed by atoms with E-state index in [-0.39, 0.29) is 0 Å². The molecule has 2 nitrogen and oxygen atoms in total. The van der Waals surface area contributed by atoms with Gasteiger partial charge in [0.1, 0.15) is 0 Å². The highest BCUT2D eigenvalue weighted by Gasteiger charge is 2.18. The van der Waals surface area contributed by atoms with Crippen LogP contribution in [0.4, 0.5) is 5.69 Å². The molecule has 0 spiro atoms. The highest BCUT2D eigenvalue weighted by Crippen LogP contribution is 2.25. The third-order valence-electron chi connectivity index (χ3n) is 3.96. The van der Waals surface area contributed by atoms with E-state index in [0.29, 0.717) is 0 Å². The lowest BCUT2D eigenvalue weighted by Crippen LogP contribution is -2.47. The van der Waals surface area contributed by atoms with Gasteiger partial charge in [-0.3, -0.25) is 4.90 Å². The molecule has 2 heteroatoms. The van der Waals surface area contributed by atoms with Crippen molar-refractivity contribution in [1.29, 1.82) is 0 Å². The summed E-state index contributed by atoms with van der Waals surface area (Å²) in [7, 11) is 0. The van der Waals surface area contributed by atoms with E-state index in [9.17, 15) is 0 Å². The number of benzene rings is 1. The van der Waals surface area contributed by atoms with Crippen molar-refractivity contribution in [2.75, 3.05) is 37.6 Å². The highest BCUT2D eigenvalue weighted by molar-refractivity contribution is 5.59. The minimum atomic E-state index is 1.18. The maximum absolute atomic E-state index is 2.60. The van der Waals surface area contributed by atoms with Crippen molar-refractivity contribution in [3.63, 3.8) is 0 Å². The fourth-order valence-corrected chi connectivity index (χ4v) is 2.88. The van der Waals surface area contributed by atoms with Gasteiger partial charge in [0.2, 0.25) is 0 Å². The summed E-state index contributed by atoms with van der Waals surface area (Å²) in [6.07, 6.45) is 2.64. The smallest absolute Gasteiger partial charge is 0.0426 e. The molecule has 0 unspecified atom stereocenters. The van der Waals surface area contributed by atoms with Crippen LogP contribution in [0.15, 0.2) is 18.2 Å². The van der Waals surface area contributed by atoms with E-state index < -0.39 is 0 Å². The molecular weight excluding hydrogens is 220 g/mol. The standard InChI is InChI=1S/C16H26N2/c1-4-5-9-17-10-12-18(13-11-17)16-14(2)7-6-8-15(16)3/h6-8H,4-5,9-13H2,1-3H3. The first kappa shape index (κ1) is 13.4. The van der Waals surface area contributed by atoms with Crippen molar-refractivity contribution in [3.8, 4) is 0 Å². The van der Waals surface area contributed by atoms with Crippen LogP contribution >= 0.6 is 0 Å². The van der Waals surface area contributed by atoms with Crippen LogP contribution in [0.1, 0.15) is 30.9 Å². The molecule has 1 aliphatic rings. The molecule has 1 heterocycles. The quantitative estimate of drug-likeness (QED) is 0.805. The van der Waals surface area contributed by atoms with Crippen LogP contribution in [0.3, 0.4) is 0 Å². The normalized spacial score (nSPS) is 17.2. The van der Waals surface area contributed by atoms with E-state index >= 15 is 0 Å². The van der Waals surface area contributed by atoms with Gasteiger partial charge in [-0.2, -0.15) is 0 Å². The van der Waals surface area contributed by atoms with Gasteiger partial charge >= 0.3 is 0 Å². The molecule has 100 valence electrons. The first-order chi connectivity index (χ1) is 8.72. The van der Waals surface area contributed by atoms with Gasteiger partial charge in [-0.05, 0) is 37.9 Å². The zero-order valence-corrected chi connectivity index (χ0v) is 12.1. The molecule has 2 rings (SSSR count). The molecule has 1 saturated heterocycles. The zero-order valence-electron chi connectivity index (χ0n) is 12.1. The van der Waals surface area contributed by atoms with Gasteiger partial charge in [0.15, 0.2) is 0 Å². The molecule has 0 atom stereocenters. The Labute approximate surface area is 112 Å². The van der Waals surface area contributed by atoms with Crippen molar-refractivity contribution in [2.45, 2.75) is 33.6 Å². The summed E-state index contributed by atoms with van der Waals surface area (Å²) < 4.78 is 0. The Hall–Kier alpha value is -1.02. The predicted octanol–water partition coefficient (Wildman–Crippen LogP) is 3.23. The number of hydrogen-bond acceptors (Lipinski definition) is 2. The Morgan fingerprint density at radius 3 is 2.17 bits per heavy atom. The Balaban J connectivity index is 1.97. The van der Waals surface area contributed by atoms with Crippen molar-refractivity contribution in [3.05, 3.63) is 29.3 Å². The number of hydrogen-bond donors (Lipinski definition) is 0. The second-order valence-corrected chi connectivity index (χ2v) is 5.42. The van der Waals surface area contributed by atoms with E-state index in [0.717, 1.165) is 0 Å². The Morgan fingerprint density at radius 2 is 1.61 bits per heavy atom. The van der Waals surface area contributed by atoms with Gasteiger partial charge in [0.05, 0.1) is 0 Å². The van der Waals surface area contributed by atoms with E-state index in [1.54, 1.807) is 0 Å². The molecule has 0 saturated carbocycles. The number of aryl methyl sites for hydroxylation is 2. The number of para-hydroxylation sites is 1. The highest BCUT2D eigenvalue weighted by atomic mass is 15.3. The van der Waals surface area contributed by atoms with Crippen LogP contribution in [-0.2, 0) is 0 Å². The van der Waals surface area contributed by atoms with Crippen molar-refractivity contribution >= 4 is 5.69 Å². The molecule has 18 heavy (non-hydrogen) atoms. The van der Waals surface area contributed by atoms with Crippen LogP contribution in [0.25, 0.3) is 0 Å². The predicted molar refractivity (Wildman–Crippen MR) is 79.5 cm³/mol. The summed E-state index contributed by atoms with van der Waals surface area (Å²) >= 11 is 0. The van der Waals surface area contributed by atoms with E-state index in [2.05, 4.69) is 48.8 Å². The molecule has 1 fully saturated rings. The molecule has 0 aromatic heterocycles. The first-order valence-electron chi connectivity index (χ1n) is 7.26. The number of piperazine rings is 1. The lowest BCUT2D eigenvalue weighted by atomic mass is 10.1. The van der Waals surface area contributed by atoms with Crippen molar-refractivity contribution < 1.29 is 0 Å². The fraction of sp³-hybridized carbons (Fsp3) is 0.625. The largest absolute Gasteiger partial charge is 0.369 e. The molecule has 1 aliphatic heterocycles. The summed E-state index contributed by atoms with van der Waals surface area (Å²) in [4.78, 5) is 5.17. The van der Waals surface area contributed by atoms with Crippen LogP contribution in [0, 0.1) is 13.8 Å². The molecule has 0 radical (unpaired) electrons. The monoisotopic (exact) mass is 246 g/mol. The Bertz CT molecular complexity index is 358. The van der Waals surface area contributed by atoms with Gasteiger partial charge in [0, 0.05) is 31.9 Å². The molecule has 0 aliphatic carbocycles. The second kappa shape index (κ2) is 6.24. The summed E-state index contributed by atoms with van der Waals surface area (Å²) in [5.74, 6) is 0. The van der Waals surface area contributed by atoms with Gasteiger partial charge < -0.3 is 4.90 Å². The maximum Gasteiger partial charge on any atom is 0.0426 e. The van der Waals surface area contributed by atoms with Crippen molar-refractivity contribution in [2.24, 2.45) is 0 Å². The van der Waals surface area contributed by atoms with Gasteiger partial charge in [-0.25, -0.2) is 0 Å². The Kier molecular flexibility index (Phi) is 4.65. The van der Waals surface area contributed by atoms with E-state index in [1.807, 2.05) is 0 Å². The maximum atomic E-state index is 2.60. The summed E-state index contributed by atoms with van der Waals surface area (Å²) in [6, 6.07) is 6.61. The van der Waals surface area contributed by atoms with Gasteiger partial charge in [0.25, 0.3) is 0 Å². The summed E-state index contributed by atoms with van der Waals surface area (Å²) in [6.45, 7) is 12.8. The molecule has 1 aromatic carbocycles. The van der Waals surface area contributed by atoms with Crippen LogP contribution < -0.4 is 4.90 Å². The SMILES string of the molecule is CCCCN1CCN(c2c(C)cccc2C)CC1. The third kappa shape index (κ3) is 3.05. The van der Waals surface area contributed by atoms with Gasteiger partial charge in [-0.15, -0.1) is 0 Å². The van der Waals surface area contributed by atoms with Crippen LogP contribution in [0.5, 0.6) is 0 Å². The Morgan fingerprint density at radius 1 is 1.00 bits per heavy atom. The van der Waals surface area contributed by atoms with E-state index in [4.69, 9.17) is 0 Å². The average molecular weight is 246 g/mol. The second-order valence-electron chi connectivity index (χ2n) is 5.42. The molecule has 0 bridgehead atoms. The number of nitrogens with zero attached hydrogens (tertiary/aromatic N) is 2. The fourth-order valence-electron chi connectivity index (χ4n) is 2.88. The van der Waals surface area contributed by atoms with Crippen LogP contribution in [0.2, 0.25) is 0 Å². The lowest BCUT2D eigenvalue weighted by molar-refractivity contribution is 0.254. The summed E-state index contributed by atoms with van der Waals surface area (Å²) in [5.41, 5.74) is 4.29. The zero-order chi connectivity index (χ0) is 13.0. The minimum Gasteiger partial charge on any atom is -0.369 e. The molecule has 0 amide bonds. The van der Waals surface area contributed by atoms with Gasteiger partial charge in [-0.1, -0.05) is 31.5 Å². The third-order valence-corrected chi connectivity index (χ3v) is 3.96. The lowest BCUT2D eigenvalue weighted by Gasteiger charge is -2.37. The number of rotatable bonds is 4. The topological polar surface area (TPSA) is 6.48 Å². The first-order valence-corrected chi connectivity index (χ1v) is 7.26. The molecular formula is C16H26N2. The van der Waals surface area contributed by atoms with E-state index in [1.165, 1.54) is 62.4 Å². The van der Waals surface area contributed by atoms with Crippen molar-refractivity contribution in [1.82, 2.24) is 4.90 Å². The summed E-state index contributed by atoms with van der Waals surface area (Å²) in [5, 5.41) is 0.